The number of aromatic carboxylic acids is 1. The average molecular weight is 283 g/mol. The number of carboxylic acid groups (broad SMARTS) is 1. The van der Waals surface area contributed by atoms with E-state index in [0.29, 0.717) is 5.46 Å². The largest absolute Gasteiger partial charge is 0.495 e. The summed E-state index contributed by atoms with van der Waals surface area (Å²) in [5.74, 6) is -1.08. The summed E-state index contributed by atoms with van der Waals surface area (Å²) in [7, 11) is -0.705. The molecule has 0 saturated carbocycles. The van der Waals surface area contributed by atoms with E-state index >= 15 is 0 Å². The molecular weight excluding hydrogens is 266 g/mol. The highest BCUT2D eigenvalue weighted by Gasteiger charge is 2.40. The Kier molecular flexibility index (Phi) is 3.90. The van der Waals surface area contributed by atoms with Crippen LogP contribution in [0, 0.1) is 0 Å². The zero-order chi connectivity index (χ0) is 14.2. The van der Waals surface area contributed by atoms with E-state index in [1.165, 1.54) is 0 Å². The summed E-state index contributed by atoms with van der Waals surface area (Å²) in [6.07, 6.45) is 0.751. The SMILES string of the molecule is CC1CC(C)(C)OB(c2cccc(Cl)c2C(=O)O)O1. The lowest BCUT2D eigenvalue weighted by Crippen LogP contribution is -2.53. The van der Waals surface area contributed by atoms with Crippen molar-refractivity contribution >= 4 is 30.2 Å². The van der Waals surface area contributed by atoms with Gasteiger partial charge in [0.15, 0.2) is 0 Å². The van der Waals surface area contributed by atoms with Crippen molar-refractivity contribution in [2.45, 2.75) is 38.9 Å². The van der Waals surface area contributed by atoms with Crippen LogP contribution in [0.4, 0.5) is 0 Å². The molecule has 1 saturated heterocycles. The molecule has 0 aliphatic carbocycles. The number of hydrogen-bond acceptors (Lipinski definition) is 3. The maximum atomic E-state index is 11.3. The minimum Gasteiger partial charge on any atom is -0.478 e. The third kappa shape index (κ3) is 3.11. The van der Waals surface area contributed by atoms with Crippen molar-refractivity contribution < 1.29 is 19.2 Å². The average Bonchev–Trinajstić information content (AvgIpc) is 2.25. The summed E-state index contributed by atoms with van der Waals surface area (Å²) in [6, 6.07) is 4.92. The van der Waals surface area contributed by atoms with Gasteiger partial charge in [-0.1, -0.05) is 23.7 Å². The molecule has 0 amide bonds. The van der Waals surface area contributed by atoms with Gasteiger partial charge >= 0.3 is 13.1 Å². The second-order valence-electron chi connectivity index (χ2n) is 5.37. The van der Waals surface area contributed by atoms with Gasteiger partial charge in [0.2, 0.25) is 0 Å². The van der Waals surface area contributed by atoms with Crippen molar-refractivity contribution in [3.8, 4) is 0 Å². The van der Waals surface area contributed by atoms with Crippen LogP contribution in [0.5, 0.6) is 0 Å². The summed E-state index contributed by atoms with van der Waals surface area (Å²) in [6.45, 7) is 5.87. The Balaban J connectivity index is 2.41. The fourth-order valence-electron chi connectivity index (χ4n) is 2.42. The smallest absolute Gasteiger partial charge is 0.478 e. The van der Waals surface area contributed by atoms with Crippen LogP contribution in [-0.2, 0) is 9.31 Å². The number of rotatable bonds is 2. The second-order valence-corrected chi connectivity index (χ2v) is 5.78. The van der Waals surface area contributed by atoms with E-state index < -0.39 is 13.1 Å². The fraction of sp³-hybridized carbons (Fsp3) is 0.462. The van der Waals surface area contributed by atoms with Crippen LogP contribution in [0.1, 0.15) is 37.6 Å². The molecule has 1 fully saturated rings. The van der Waals surface area contributed by atoms with E-state index in [0.717, 1.165) is 6.42 Å². The van der Waals surface area contributed by atoms with E-state index in [2.05, 4.69) is 0 Å². The van der Waals surface area contributed by atoms with Crippen LogP contribution in [0.3, 0.4) is 0 Å². The molecule has 1 aromatic rings. The molecule has 1 atom stereocenters. The monoisotopic (exact) mass is 282 g/mol. The Morgan fingerprint density at radius 1 is 1.53 bits per heavy atom. The summed E-state index contributed by atoms with van der Waals surface area (Å²) >= 11 is 5.96. The molecule has 1 aliphatic heterocycles. The summed E-state index contributed by atoms with van der Waals surface area (Å²) in [5.41, 5.74) is 0.138. The summed E-state index contributed by atoms with van der Waals surface area (Å²) in [4.78, 5) is 11.3. The van der Waals surface area contributed by atoms with Gasteiger partial charge in [0.25, 0.3) is 0 Å². The molecule has 1 aromatic carbocycles. The van der Waals surface area contributed by atoms with Crippen molar-refractivity contribution in [2.24, 2.45) is 0 Å². The predicted molar refractivity (Wildman–Crippen MR) is 74.1 cm³/mol. The predicted octanol–water partition coefficient (Wildman–Crippen LogP) is 2.34. The molecule has 4 nitrogen and oxygen atoms in total. The van der Waals surface area contributed by atoms with Gasteiger partial charge in [-0.05, 0) is 38.7 Å². The van der Waals surface area contributed by atoms with Crippen molar-refractivity contribution in [2.75, 3.05) is 0 Å². The third-order valence-corrected chi connectivity index (χ3v) is 3.39. The zero-order valence-electron chi connectivity index (χ0n) is 11.1. The Bertz CT molecular complexity index is 503. The molecule has 0 radical (unpaired) electrons. The molecule has 6 heteroatoms. The number of halogens is 1. The van der Waals surface area contributed by atoms with Gasteiger partial charge in [-0.15, -0.1) is 0 Å². The number of benzene rings is 1. The van der Waals surface area contributed by atoms with Crippen molar-refractivity contribution in [3.05, 3.63) is 28.8 Å². The first kappa shape index (κ1) is 14.4. The van der Waals surface area contributed by atoms with Crippen LogP contribution in [-0.4, -0.2) is 29.9 Å². The van der Waals surface area contributed by atoms with Crippen molar-refractivity contribution in [1.29, 1.82) is 0 Å². The molecule has 102 valence electrons. The first-order chi connectivity index (χ1) is 8.80. The lowest BCUT2D eigenvalue weighted by Gasteiger charge is -2.38. The van der Waals surface area contributed by atoms with Gasteiger partial charge in [-0.25, -0.2) is 4.79 Å². The number of carbonyl (C=O) groups is 1. The van der Waals surface area contributed by atoms with Crippen molar-refractivity contribution in [1.82, 2.24) is 0 Å². The molecule has 0 bridgehead atoms. The van der Waals surface area contributed by atoms with Gasteiger partial charge < -0.3 is 14.4 Å². The van der Waals surface area contributed by atoms with Gasteiger partial charge in [0.05, 0.1) is 16.2 Å². The van der Waals surface area contributed by atoms with Gasteiger partial charge in [-0.3, -0.25) is 0 Å². The maximum Gasteiger partial charge on any atom is 0.495 e. The minimum atomic E-state index is -1.08. The van der Waals surface area contributed by atoms with Gasteiger partial charge in [0.1, 0.15) is 0 Å². The minimum absolute atomic E-state index is 0.00521. The van der Waals surface area contributed by atoms with Crippen LogP contribution in [0.2, 0.25) is 5.02 Å². The Morgan fingerprint density at radius 2 is 2.21 bits per heavy atom. The van der Waals surface area contributed by atoms with E-state index in [1.54, 1.807) is 18.2 Å². The normalized spacial score (nSPS) is 22.3. The lowest BCUT2D eigenvalue weighted by molar-refractivity contribution is -0.0231. The van der Waals surface area contributed by atoms with E-state index in [1.807, 2.05) is 20.8 Å². The lowest BCUT2D eigenvalue weighted by atomic mass is 9.72. The highest BCUT2D eigenvalue weighted by molar-refractivity contribution is 6.63. The molecule has 2 rings (SSSR count). The van der Waals surface area contributed by atoms with Crippen LogP contribution in [0.15, 0.2) is 18.2 Å². The van der Waals surface area contributed by atoms with Crippen LogP contribution < -0.4 is 5.46 Å². The third-order valence-electron chi connectivity index (χ3n) is 3.07. The molecular formula is C13H16BClO4. The standard InChI is InChI=1S/C13H16BClO4/c1-8-7-13(2,3)19-14(18-8)9-5-4-6-10(15)11(9)12(16)17/h4-6,8H,7H2,1-3H3,(H,16,17). The number of carboxylic acids is 1. The van der Waals surface area contributed by atoms with Gasteiger partial charge in [-0.2, -0.15) is 0 Å². The Morgan fingerprint density at radius 3 is 2.79 bits per heavy atom. The quantitative estimate of drug-likeness (QED) is 0.846. The topological polar surface area (TPSA) is 55.8 Å². The maximum absolute atomic E-state index is 11.3. The van der Waals surface area contributed by atoms with Crippen molar-refractivity contribution in [3.63, 3.8) is 0 Å². The highest BCUT2D eigenvalue weighted by atomic mass is 35.5. The molecule has 0 aromatic heterocycles. The molecule has 1 heterocycles. The molecule has 0 spiro atoms. The Labute approximate surface area is 117 Å². The Hall–Kier alpha value is -1.04. The highest BCUT2D eigenvalue weighted by Crippen LogP contribution is 2.26. The molecule has 1 N–H and O–H groups in total. The van der Waals surface area contributed by atoms with Crippen LogP contribution >= 0.6 is 11.6 Å². The zero-order valence-corrected chi connectivity index (χ0v) is 11.9. The van der Waals surface area contributed by atoms with E-state index in [-0.39, 0.29) is 22.3 Å². The molecule has 19 heavy (non-hydrogen) atoms. The first-order valence-corrected chi connectivity index (χ1v) is 6.53. The van der Waals surface area contributed by atoms with E-state index in [9.17, 15) is 9.90 Å². The molecule has 1 aliphatic rings. The first-order valence-electron chi connectivity index (χ1n) is 6.15. The second kappa shape index (κ2) is 5.15. The van der Waals surface area contributed by atoms with E-state index in [4.69, 9.17) is 20.9 Å². The summed E-state index contributed by atoms with van der Waals surface area (Å²) in [5, 5.41) is 9.47. The molecule has 1 unspecified atom stereocenters. The fourth-order valence-corrected chi connectivity index (χ4v) is 2.68. The van der Waals surface area contributed by atoms with Gasteiger partial charge in [0, 0.05) is 6.10 Å². The van der Waals surface area contributed by atoms with Crippen LogP contribution in [0.25, 0.3) is 0 Å². The number of hydrogen-bond donors (Lipinski definition) is 1. The summed E-state index contributed by atoms with van der Waals surface area (Å²) < 4.78 is 11.5.